The Balaban J connectivity index is 3.10. The van der Waals surface area contributed by atoms with Crippen LogP contribution >= 0.6 is 0 Å². The summed E-state index contributed by atoms with van der Waals surface area (Å²) in [6, 6.07) is 1.91. The van der Waals surface area contributed by atoms with Gasteiger partial charge in [-0.2, -0.15) is 10.2 Å². The lowest BCUT2D eigenvalue weighted by Crippen LogP contribution is -2.08. The molecule has 0 fully saturated rings. The van der Waals surface area contributed by atoms with E-state index in [1.54, 1.807) is 19.0 Å². The van der Waals surface area contributed by atoms with E-state index in [4.69, 9.17) is 14.4 Å². The number of rotatable bonds is 2. The Kier molecular flexibility index (Phi) is 2.19. The van der Waals surface area contributed by atoms with Crippen molar-refractivity contribution in [1.29, 1.82) is 5.26 Å². The number of nitriles is 1. The van der Waals surface area contributed by atoms with Crippen LogP contribution in [0.2, 0.25) is 0 Å². The molecule has 1 aromatic rings. The molecule has 0 N–H and O–H groups in total. The van der Waals surface area contributed by atoms with Crippen LogP contribution in [0.4, 0.5) is 5.88 Å². The predicted molar refractivity (Wildman–Crippen MR) is 42.1 cm³/mol. The topological polar surface area (TPSA) is 62.3 Å². The van der Waals surface area contributed by atoms with E-state index >= 15 is 0 Å². The molecule has 64 valence electrons. The largest absolute Gasteiger partial charge is 0.453 e. The monoisotopic (exact) mass is 167 g/mol. The van der Waals surface area contributed by atoms with Gasteiger partial charge < -0.3 is 14.1 Å². The summed E-state index contributed by atoms with van der Waals surface area (Å²) in [5.74, 6) is 0.411. The SMILES string of the molecule is COc1nc(C#N)c(N(C)C)o1. The molecule has 0 aliphatic heterocycles. The van der Waals surface area contributed by atoms with Crippen molar-refractivity contribution in [3.63, 3.8) is 0 Å². The van der Waals surface area contributed by atoms with E-state index < -0.39 is 0 Å². The Labute approximate surface area is 70.2 Å². The number of methoxy groups -OCH3 is 1. The molecule has 0 saturated heterocycles. The maximum absolute atomic E-state index is 8.62. The maximum atomic E-state index is 8.62. The van der Waals surface area contributed by atoms with E-state index in [-0.39, 0.29) is 11.8 Å². The third-order valence-corrected chi connectivity index (χ3v) is 1.28. The zero-order valence-electron chi connectivity index (χ0n) is 7.16. The molecule has 0 radical (unpaired) electrons. The van der Waals surface area contributed by atoms with Gasteiger partial charge in [-0.3, -0.25) is 0 Å². The molecule has 1 aromatic heterocycles. The van der Waals surface area contributed by atoms with Crippen LogP contribution in [0.3, 0.4) is 0 Å². The lowest BCUT2D eigenvalue weighted by molar-refractivity contribution is 0.292. The zero-order chi connectivity index (χ0) is 9.14. The minimum absolute atomic E-state index is 0.107. The van der Waals surface area contributed by atoms with Gasteiger partial charge in [-0.05, 0) is 0 Å². The molecule has 0 saturated carbocycles. The quantitative estimate of drug-likeness (QED) is 0.646. The van der Waals surface area contributed by atoms with E-state index in [1.807, 2.05) is 6.07 Å². The fourth-order valence-electron chi connectivity index (χ4n) is 0.756. The van der Waals surface area contributed by atoms with E-state index in [9.17, 15) is 0 Å². The number of oxazole rings is 1. The van der Waals surface area contributed by atoms with Crippen molar-refractivity contribution in [1.82, 2.24) is 4.98 Å². The second-order valence-corrected chi connectivity index (χ2v) is 2.34. The van der Waals surface area contributed by atoms with Crippen molar-refractivity contribution in [3.8, 4) is 12.1 Å². The van der Waals surface area contributed by atoms with Crippen molar-refractivity contribution < 1.29 is 9.15 Å². The number of anilines is 1. The van der Waals surface area contributed by atoms with Crippen molar-refractivity contribution in [2.45, 2.75) is 0 Å². The maximum Gasteiger partial charge on any atom is 0.396 e. The molecular weight excluding hydrogens is 158 g/mol. The van der Waals surface area contributed by atoms with Gasteiger partial charge in [0.15, 0.2) is 0 Å². The van der Waals surface area contributed by atoms with Crippen molar-refractivity contribution >= 4 is 5.88 Å². The van der Waals surface area contributed by atoms with Crippen molar-refractivity contribution in [3.05, 3.63) is 5.69 Å². The van der Waals surface area contributed by atoms with Gasteiger partial charge in [0, 0.05) is 14.1 Å². The molecule has 0 amide bonds. The third kappa shape index (κ3) is 1.32. The smallest absolute Gasteiger partial charge is 0.396 e. The van der Waals surface area contributed by atoms with Crippen LogP contribution in [0.5, 0.6) is 6.08 Å². The fourth-order valence-corrected chi connectivity index (χ4v) is 0.756. The van der Waals surface area contributed by atoms with Crippen molar-refractivity contribution in [2.24, 2.45) is 0 Å². The Morgan fingerprint density at radius 1 is 1.58 bits per heavy atom. The van der Waals surface area contributed by atoms with Gasteiger partial charge in [-0.15, -0.1) is 0 Å². The van der Waals surface area contributed by atoms with Gasteiger partial charge in [-0.25, -0.2) is 0 Å². The van der Waals surface area contributed by atoms with Crippen LogP contribution in [0.1, 0.15) is 5.69 Å². The summed E-state index contributed by atoms with van der Waals surface area (Å²) in [6.07, 6.45) is 0.107. The molecule has 12 heavy (non-hydrogen) atoms. The third-order valence-electron chi connectivity index (χ3n) is 1.28. The van der Waals surface area contributed by atoms with Gasteiger partial charge in [0.25, 0.3) is 0 Å². The first kappa shape index (κ1) is 8.40. The molecular formula is C7H9N3O2. The second-order valence-electron chi connectivity index (χ2n) is 2.34. The second kappa shape index (κ2) is 3.13. The summed E-state index contributed by atoms with van der Waals surface area (Å²) in [5.41, 5.74) is 0.233. The summed E-state index contributed by atoms with van der Waals surface area (Å²) in [6.45, 7) is 0. The zero-order valence-corrected chi connectivity index (χ0v) is 7.16. The summed E-state index contributed by atoms with van der Waals surface area (Å²) < 4.78 is 9.82. The standard InChI is InChI=1S/C7H9N3O2/c1-10(2)6-5(4-8)9-7(11-3)12-6/h1-3H3. The van der Waals surface area contributed by atoms with Crippen LogP contribution in [-0.2, 0) is 0 Å². The summed E-state index contributed by atoms with van der Waals surface area (Å²) >= 11 is 0. The summed E-state index contributed by atoms with van der Waals surface area (Å²) in [5, 5.41) is 8.62. The molecule has 0 spiro atoms. The molecule has 0 aromatic carbocycles. The number of nitrogens with zero attached hydrogens (tertiary/aromatic N) is 3. The molecule has 1 heterocycles. The highest BCUT2D eigenvalue weighted by atomic mass is 16.6. The van der Waals surface area contributed by atoms with E-state index in [1.165, 1.54) is 7.11 Å². The number of ether oxygens (including phenoxy) is 1. The minimum atomic E-state index is 0.107. The molecule has 0 aliphatic carbocycles. The fraction of sp³-hybridized carbons (Fsp3) is 0.429. The average molecular weight is 167 g/mol. The van der Waals surface area contributed by atoms with Crippen LogP contribution in [-0.4, -0.2) is 26.2 Å². The lowest BCUT2D eigenvalue weighted by atomic mass is 10.5. The molecule has 1 rings (SSSR count). The first-order valence-electron chi connectivity index (χ1n) is 3.31. The normalized spacial score (nSPS) is 9.17. The highest BCUT2D eigenvalue weighted by molar-refractivity contribution is 5.47. The first-order valence-corrected chi connectivity index (χ1v) is 3.31. The van der Waals surface area contributed by atoms with Gasteiger partial charge in [0.1, 0.15) is 6.07 Å². The summed E-state index contributed by atoms with van der Waals surface area (Å²) in [4.78, 5) is 5.44. The Hall–Kier alpha value is -1.70. The number of aromatic nitrogens is 1. The lowest BCUT2D eigenvalue weighted by Gasteiger charge is -2.05. The molecule has 0 bridgehead atoms. The van der Waals surface area contributed by atoms with Crippen LogP contribution in [0, 0.1) is 11.3 Å². The molecule has 5 heteroatoms. The Morgan fingerprint density at radius 3 is 2.58 bits per heavy atom. The van der Waals surface area contributed by atoms with E-state index in [2.05, 4.69) is 4.98 Å². The summed E-state index contributed by atoms with van der Waals surface area (Å²) in [7, 11) is 4.97. The average Bonchev–Trinajstić information content (AvgIpc) is 2.47. The van der Waals surface area contributed by atoms with Gasteiger partial charge in [-0.1, -0.05) is 0 Å². The van der Waals surface area contributed by atoms with Crippen LogP contribution < -0.4 is 9.64 Å². The number of hydrogen-bond acceptors (Lipinski definition) is 5. The Bertz CT molecular complexity index is 311. The molecule has 5 nitrogen and oxygen atoms in total. The van der Waals surface area contributed by atoms with Gasteiger partial charge in [0.2, 0.25) is 11.6 Å². The highest BCUT2D eigenvalue weighted by Gasteiger charge is 2.14. The predicted octanol–water partition coefficient (Wildman–Crippen LogP) is 0.621. The van der Waals surface area contributed by atoms with Crippen LogP contribution in [0.25, 0.3) is 0 Å². The van der Waals surface area contributed by atoms with E-state index in [0.29, 0.717) is 5.88 Å². The molecule has 0 unspecified atom stereocenters. The molecule has 0 atom stereocenters. The minimum Gasteiger partial charge on any atom is -0.453 e. The van der Waals surface area contributed by atoms with Crippen LogP contribution in [0.15, 0.2) is 4.42 Å². The first-order chi connectivity index (χ1) is 5.69. The highest BCUT2D eigenvalue weighted by Crippen LogP contribution is 2.23. The van der Waals surface area contributed by atoms with Crippen molar-refractivity contribution in [2.75, 3.05) is 26.1 Å². The molecule has 0 aliphatic rings. The van der Waals surface area contributed by atoms with E-state index in [0.717, 1.165) is 0 Å². The Morgan fingerprint density at radius 2 is 2.25 bits per heavy atom. The number of hydrogen-bond donors (Lipinski definition) is 0. The van der Waals surface area contributed by atoms with Gasteiger partial charge in [0.05, 0.1) is 7.11 Å². The van der Waals surface area contributed by atoms with Gasteiger partial charge >= 0.3 is 6.08 Å².